The van der Waals surface area contributed by atoms with Crippen molar-refractivity contribution in [2.75, 3.05) is 39.9 Å². The van der Waals surface area contributed by atoms with E-state index < -0.39 is 0 Å². The maximum absolute atomic E-state index is 9.89. The van der Waals surface area contributed by atoms with Crippen LogP contribution in [-0.4, -0.2) is 62.0 Å². The highest BCUT2D eigenvalue weighted by Gasteiger charge is 2.23. The van der Waals surface area contributed by atoms with Crippen LogP contribution in [0.1, 0.15) is 32.6 Å². The van der Waals surface area contributed by atoms with Crippen LogP contribution < -0.4 is 5.32 Å². The molecule has 1 saturated heterocycles. The molecule has 2 N–H and O–H groups in total. The highest BCUT2D eigenvalue weighted by atomic mass is 16.5. The first-order valence-corrected chi connectivity index (χ1v) is 6.92. The number of β-amino-alcohol motifs (C(OH)–C–C–N with tert-alkyl or cyclic N) is 1. The van der Waals surface area contributed by atoms with Crippen molar-refractivity contribution in [2.24, 2.45) is 0 Å². The van der Waals surface area contributed by atoms with Gasteiger partial charge in [-0.2, -0.15) is 0 Å². The predicted octanol–water partition coefficient (Wildman–Crippen LogP) is 0.848. The van der Waals surface area contributed by atoms with Crippen molar-refractivity contribution in [3.63, 3.8) is 0 Å². The molecule has 4 nitrogen and oxygen atoms in total. The number of ether oxygens (including phenoxy) is 1. The van der Waals surface area contributed by atoms with E-state index in [1.165, 1.54) is 25.7 Å². The smallest absolute Gasteiger partial charge is 0.0900 e. The lowest BCUT2D eigenvalue weighted by atomic mass is 9.99. The molecule has 1 rings (SSSR count). The molecule has 2 unspecified atom stereocenters. The number of likely N-dealkylation sites (tertiary alicyclic amines) is 1. The van der Waals surface area contributed by atoms with E-state index in [1.54, 1.807) is 0 Å². The molecule has 0 aliphatic carbocycles. The number of hydrogen-bond acceptors (Lipinski definition) is 4. The van der Waals surface area contributed by atoms with Gasteiger partial charge in [-0.05, 0) is 46.3 Å². The Kier molecular flexibility index (Phi) is 7.77. The second kappa shape index (κ2) is 8.86. The fourth-order valence-electron chi connectivity index (χ4n) is 2.52. The van der Waals surface area contributed by atoms with Crippen molar-refractivity contribution < 1.29 is 9.84 Å². The lowest BCUT2D eigenvalue weighted by molar-refractivity contribution is 0.00457. The van der Waals surface area contributed by atoms with Crippen LogP contribution in [-0.2, 0) is 4.74 Å². The zero-order chi connectivity index (χ0) is 12.5. The van der Waals surface area contributed by atoms with Crippen LogP contribution in [0.4, 0.5) is 0 Å². The number of aliphatic hydroxyl groups excluding tert-OH is 1. The Labute approximate surface area is 105 Å². The molecule has 1 heterocycles. The van der Waals surface area contributed by atoms with Crippen molar-refractivity contribution in [2.45, 2.75) is 44.8 Å². The van der Waals surface area contributed by atoms with Crippen LogP contribution >= 0.6 is 0 Å². The summed E-state index contributed by atoms with van der Waals surface area (Å²) in [5.41, 5.74) is 0. The van der Waals surface area contributed by atoms with E-state index in [0.29, 0.717) is 19.3 Å². The molecule has 4 heteroatoms. The topological polar surface area (TPSA) is 44.7 Å². The molecule has 102 valence electrons. The SMILES string of the molecule is CCOCC(O)CN1CCCCC1CCNC. The number of aliphatic hydroxyl groups is 1. The molecule has 0 bridgehead atoms. The van der Waals surface area contributed by atoms with Crippen LogP contribution in [0, 0.1) is 0 Å². The molecule has 1 fully saturated rings. The van der Waals surface area contributed by atoms with Gasteiger partial charge in [-0.15, -0.1) is 0 Å². The summed E-state index contributed by atoms with van der Waals surface area (Å²) in [6.45, 7) is 6.05. The van der Waals surface area contributed by atoms with Gasteiger partial charge >= 0.3 is 0 Å². The quantitative estimate of drug-likeness (QED) is 0.664. The van der Waals surface area contributed by atoms with Crippen LogP contribution in [0.2, 0.25) is 0 Å². The van der Waals surface area contributed by atoms with E-state index in [4.69, 9.17) is 4.74 Å². The van der Waals surface area contributed by atoms with Gasteiger partial charge in [-0.25, -0.2) is 0 Å². The minimum absolute atomic E-state index is 0.342. The molecular formula is C13H28N2O2. The summed E-state index contributed by atoms with van der Waals surface area (Å²) >= 11 is 0. The number of nitrogens with one attached hydrogen (secondary N) is 1. The molecule has 1 aliphatic heterocycles. The van der Waals surface area contributed by atoms with Gasteiger partial charge in [-0.3, -0.25) is 4.90 Å². The molecular weight excluding hydrogens is 216 g/mol. The lowest BCUT2D eigenvalue weighted by Crippen LogP contribution is -2.45. The summed E-state index contributed by atoms with van der Waals surface area (Å²) < 4.78 is 5.26. The Balaban J connectivity index is 2.30. The Morgan fingerprint density at radius 2 is 2.29 bits per heavy atom. The monoisotopic (exact) mass is 244 g/mol. The van der Waals surface area contributed by atoms with E-state index in [-0.39, 0.29) is 6.10 Å². The first kappa shape index (κ1) is 14.9. The predicted molar refractivity (Wildman–Crippen MR) is 70.3 cm³/mol. The summed E-state index contributed by atoms with van der Waals surface area (Å²) in [5.74, 6) is 0. The Hall–Kier alpha value is -0.160. The fraction of sp³-hybridized carbons (Fsp3) is 1.00. The minimum atomic E-state index is -0.342. The van der Waals surface area contributed by atoms with Crippen LogP contribution in [0.3, 0.4) is 0 Å². The second-order valence-corrected chi connectivity index (χ2v) is 4.85. The highest BCUT2D eigenvalue weighted by Crippen LogP contribution is 2.19. The van der Waals surface area contributed by atoms with Gasteiger partial charge in [0.2, 0.25) is 0 Å². The zero-order valence-corrected chi connectivity index (χ0v) is 11.3. The van der Waals surface area contributed by atoms with Gasteiger partial charge < -0.3 is 15.2 Å². The maximum Gasteiger partial charge on any atom is 0.0900 e. The molecule has 0 aromatic rings. The Morgan fingerprint density at radius 1 is 1.47 bits per heavy atom. The highest BCUT2D eigenvalue weighted by molar-refractivity contribution is 4.79. The summed E-state index contributed by atoms with van der Waals surface area (Å²) in [6.07, 6.45) is 4.69. The van der Waals surface area contributed by atoms with Gasteiger partial charge in [0.25, 0.3) is 0 Å². The molecule has 17 heavy (non-hydrogen) atoms. The number of piperidine rings is 1. The first-order chi connectivity index (χ1) is 8.27. The van der Waals surface area contributed by atoms with E-state index in [1.807, 2.05) is 14.0 Å². The van der Waals surface area contributed by atoms with E-state index in [2.05, 4.69) is 10.2 Å². The third-order valence-corrected chi connectivity index (χ3v) is 3.44. The number of hydrogen-bond donors (Lipinski definition) is 2. The van der Waals surface area contributed by atoms with E-state index in [0.717, 1.165) is 19.6 Å². The van der Waals surface area contributed by atoms with Gasteiger partial charge in [0.15, 0.2) is 0 Å². The average molecular weight is 244 g/mol. The first-order valence-electron chi connectivity index (χ1n) is 6.92. The van der Waals surface area contributed by atoms with Gasteiger partial charge in [0.05, 0.1) is 12.7 Å². The van der Waals surface area contributed by atoms with Crippen molar-refractivity contribution in [1.82, 2.24) is 10.2 Å². The third-order valence-electron chi connectivity index (χ3n) is 3.44. The normalized spacial score (nSPS) is 23.8. The van der Waals surface area contributed by atoms with E-state index >= 15 is 0 Å². The molecule has 0 spiro atoms. The van der Waals surface area contributed by atoms with Crippen LogP contribution in [0.15, 0.2) is 0 Å². The summed E-state index contributed by atoms with van der Waals surface area (Å²) in [7, 11) is 2.00. The molecule has 0 radical (unpaired) electrons. The van der Waals surface area contributed by atoms with E-state index in [9.17, 15) is 5.11 Å². The average Bonchev–Trinajstić information content (AvgIpc) is 2.35. The van der Waals surface area contributed by atoms with Crippen LogP contribution in [0.25, 0.3) is 0 Å². The molecule has 0 saturated carbocycles. The summed E-state index contributed by atoms with van der Waals surface area (Å²) in [4.78, 5) is 2.44. The van der Waals surface area contributed by atoms with Gasteiger partial charge in [-0.1, -0.05) is 6.42 Å². The Morgan fingerprint density at radius 3 is 3.00 bits per heavy atom. The number of rotatable bonds is 8. The van der Waals surface area contributed by atoms with Crippen LogP contribution in [0.5, 0.6) is 0 Å². The molecule has 1 aliphatic rings. The van der Waals surface area contributed by atoms with Crippen molar-refractivity contribution in [3.05, 3.63) is 0 Å². The van der Waals surface area contributed by atoms with Crippen molar-refractivity contribution >= 4 is 0 Å². The fourth-order valence-corrected chi connectivity index (χ4v) is 2.52. The number of nitrogens with zero attached hydrogens (tertiary/aromatic N) is 1. The molecule has 0 aromatic heterocycles. The molecule has 0 amide bonds. The van der Waals surface area contributed by atoms with Crippen molar-refractivity contribution in [1.29, 1.82) is 0 Å². The zero-order valence-electron chi connectivity index (χ0n) is 11.3. The van der Waals surface area contributed by atoms with Crippen molar-refractivity contribution in [3.8, 4) is 0 Å². The van der Waals surface area contributed by atoms with Gasteiger partial charge in [0.1, 0.15) is 0 Å². The molecule has 0 aromatic carbocycles. The maximum atomic E-state index is 9.89. The second-order valence-electron chi connectivity index (χ2n) is 4.85. The lowest BCUT2D eigenvalue weighted by Gasteiger charge is -2.37. The van der Waals surface area contributed by atoms with Gasteiger partial charge in [0, 0.05) is 19.2 Å². The standard InChI is InChI=1S/C13H28N2O2/c1-3-17-11-13(16)10-15-9-5-4-6-12(15)7-8-14-2/h12-14,16H,3-11H2,1-2H3. The molecule has 2 atom stereocenters. The third kappa shape index (κ3) is 5.82. The Bertz CT molecular complexity index is 190. The largest absolute Gasteiger partial charge is 0.389 e. The summed E-state index contributed by atoms with van der Waals surface area (Å²) in [5, 5.41) is 13.1. The summed E-state index contributed by atoms with van der Waals surface area (Å²) in [6, 6.07) is 0.632. The minimum Gasteiger partial charge on any atom is -0.389 e.